The highest BCUT2D eigenvalue weighted by atomic mass is 35.5. The van der Waals surface area contributed by atoms with Crippen LogP contribution >= 0.6 is 22.9 Å². The standard InChI is InChI=1S/C26H25ClN2O6S/c1-5-35-25(32)22-14(2)28-26-29(23(22)16-6-10-19(33-3)20(13-16)34-4)24(31)21(36-26)11-7-15-12-17(27)8-9-18(15)30/h6,8-13,23,30H,5,7H2,1-4H3/b21-11+. The minimum Gasteiger partial charge on any atom is -0.508 e. The first kappa shape index (κ1) is 25.5. The second-order valence-corrected chi connectivity index (χ2v) is 9.40. The first-order valence-corrected chi connectivity index (χ1v) is 12.4. The van der Waals surface area contributed by atoms with Crippen LogP contribution in [0.2, 0.25) is 5.02 Å². The molecule has 10 heteroatoms. The van der Waals surface area contributed by atoms with Crippen LogP contribution in [0.3, 0.4) is 0 Å². The van der Waals surface area contributed by atoms with Crippen LogP contribution in [0.4, 0.5) is 0 Å². The molecule has 0 spiro atoms. The molecule has 0 fully saturated rings. The van der Waals surface area contributed by atoms with Gasteiger partial charge in [0.25, 0.3) is 5.56 Å². The summed E-state index contributed by atoms with van der Waals surface area (Å²) >= 11 is 7.27. The minimum atomic E-state index is -0.776. The van der Waals surface area contributed by atoms with E-state index in [-0.39, 0.29) is 23.5 Å². The molecule has 2 aromatic carbocycles. The van der Waals surface area contributed by atoms with E-state index in [1.54, 1.807) is 50.3 Å². The topological polar surface area (TPSA) is 99.4 Å². The number of carbonyl (C=O) groups is 1. The van der Waals surface area contributed by atoms with E-state index in [1.165, 1.54) is 36.2 Å². The van der Waals surface area contributed by atoms with Crippen molar-refractivity contribution >= 4 is 35.0 Å². The Morgan fingerprint density at radius 1 is 1.19 bits per heavy atom. The minimum absolute atomic E-state index is 0.0899. The number of carbonyl (C=O) groups excluding carboxylic acids is 1. The molecule has 2 heterocycles. The van der Waals surface area contributed by atoms with Crippen LogP contribution in [0.5, 0.6) is 17.2 Å². The third-order valence-corrected chi connectivity index (χ3v) is 7.06. The predicted octanol–water partition coefficient (Wildman–Crippen LogP) is 3.37. The third kappa shape index (κ3) is 4.76. The van der Waals surface area contributed by atoms with Gasteiger partial charge in [-0.05, 0) is 61.7 Å². The predicted molar refractivity (Wildman–Crippen MR) is 138 cm³/mol. The number of hydrogen-bond acceptors (Lipinski definition) is 8. The molecule has 1 aliphatic heterocycles. The van der Waals surface area contributed by atoms with Gasteiger partial charge in [0.2, 0.25) is 0 Å². The number of ether oxygens (including phenoxy) is 3. The van der Waals surface area contributed by atoms with E-state index in [9.17, 15) is 14.7 Å². The highest BCUT2D eigenvalue weighted by molar-refractivity contribution is 7.07. The van der Waals surface area contributed by atoms with Gasteiger partial charge >= 0.3 is 5.97 Å². The van der Waals surface area contributed by atoms with Gasteiger partial charge in [-0.2, -0.15) is 0 Å². The molecule has 4 rings (SSSR count). The van der Waals surface area contributed by atoms with Crippen molar-refractivity contribution in [2.24, 2.45) is 4.99 Å². The Morgan fingerprint density at radius 2 is 1.94 bits per heavy atom. The van der Waals surface area contributed by atoms with E-state index in [1.807, 2.05) is 0 Å². The van der Waals surface area contributed by atoms with E-state index >= 15 is 0 Å². The van der Waals surface area contributed by atoms with Crippen LogP contribution in [0.15, 0.2) is 57.5 Å². The number of hydrogen-bond donors (Lipinski definition) is 1. The molecule has 0 saturated carbocycles. The number of methoxy groups -OCH3 is 2. The Morgan fingerprint density at radius 3 is 2.64 bits per heavy atom. The van der Waals surface area contributed by atoms with Gasteiger partial charge in [-0.3, -0.25) is 9.36 Å². The molecule has 3 aromatic rings. The average molecular weight is 529 g/mol. The number of nitrogens with zero attached hydrogens (tertiary/aromatic N) is 2. The zero-order valence-corrected chi connectivity index (χ0v) is 21.8. The average Bonchev–Trinajstić information content (AvgIpc) is 3.17. The Hall–Kier alpha value is -3.56. The molecule has 1 N–H and O–H groups in total. The van der Waals surface area contributed by atoms with Crippen LogP contribution in [0, 0.1) is 0 Å². The van der Waals surface area contributed by atoms with Gasteiger partial charge in [-0.1, -0.05) is 35.1 Å². The van der Waals surface area contributed by atoms with E-state index in [0.29, 0.717) is 49.1 Å². The van der Waals surface area contributed by atoms with Crippen LogP contribution in [0.25, 0.3) is 6.08 Å². The molecule has 188 valence electrons. The highest BCUT2D eigenvalue weighted by Gasteiger charge is 2.33. The monoisotopic (exact) mass is 528 g/mol. The molecular formula is C26H25ClN2O6S. The van der Waals surface area contributed by atoms with Crippen LogP contribution in [0.1, 0.15) is 31.0 Å². The zero-order chi connectivity index (χ0) is 26.0. The van der Waals surface area contributed by atoms with E-state index < -0.39 is 12.0 Å². The molecule has 1 atom stereocenters. The van der Waals surface area contributed by atoms with Crippen LogP contribution in [-0.4, -0.2) is 36.5 Å². The number of aromatic nitrogens is 1. The number of benzene rings is 2. The molecule has 1 unspecified atom stereocenters. The lowest BCUT2D eigenvalue weighted by atomic mass is 9.95. The number of esters is 1. The summed E-state index contributed by atoms with van der Waals surface area (Å²) in [7, 11) is 3.05. The molecule has 0 radical (unpaired) electrons. The smallest absolute Gasteiger partial charge is 0.338 e. The summed E-state index contributed by atoms with van der Waals surface area (Å²) in [4.78, 5) is 31.7. The van der Waals surface area contributed by atoms with Crippen molar-refractivity contribution in [1.82, 2.24) is 4.57 Å². The van der Waals surface area contributed by atoms with Crippen molar-refractivity contribution in [1.29, 1.82) is 0 Å². The second-order valence-electron chi connectivity index (χ2n) is 7.95. The number of rotatable bonds is 7. The molecule has 1 aliphatic rings. The van der Waals surface area contributed by atoms with Gasteiger partial charge in [0.05, 0.1) is 42.7 Å². The van der Waals surface area contributed by atoms with E-state index in [2.05, 4.69) is 4.99 Å². The lowest BCUT2D eigenvalue weighted by molar-refractivity contribution is -0.139. The lowest BCUT2D eigenvalue weighted by Crippen LogP contribution is -2.40. The number of thiazole rings is 1. The SMILES string of the molecule is CCOC(=O)C1=C(C)N=c2s/c(=C/Cc3cc(Cl)ccc3O)c(=O)n2C1c1ccc(OC)c(OC)c1. The van der Waals surface area contributed by atoms with Gasteiger partial charge in [-0.25, -0.2) is 9.79 Å². The first-order chi connectivity index (χ1) is 17.3. The van der Waals surface area contributed by atoms with Gasteiger partial charge in [0.15, 0.2) is 16.3 Å². The molecular weight excluding hydrogens is 504 g/mol. The molecule has 0 bridgehead atoms. The van der Waals surface area contributed by atoms with Crippen molar-refractivity contribution in [3.05, 3.63) is 83.5 Å². The summed E-state index contributed by atoms with van der Waals surface area (Å²) in [6.45, 7) is 3.63. The van der Waals surface area contributed by atoms with Crippen LogP contribution < -0.4 is 24.4 Å². The van der Waals surface area contributed by atoms with Crippen LogP contribution in [-0.2, 0) is 16.0 Å². The number of fused-ring (bicyclic) bond motifs is 1. The van der Waals surface area contributed by atoms with Crippen molar-refractivity contribution in [2.75, 3.05) is 20.8 Å². The summed E-state index contributed by atoms with van der Waals surface area (Å²) in [5.74, 6) is 0.531. The maximum atomic E-state index is 13.6. The molecule has 0 aliphatic carbocycles. The van der Waals surface area contributed by atoms with Crippen molar-refractivity contribution in [2.45, 2.75) is 26.3 Å². The largest absolute Gasteiger partial charge is 0.508 e. The number of allylic oxidation sites excluding steroid dienone is 1. The Balaban J connectivity index is 1.90. The third-order valence-electron chi connectivity index (χ3n) is 5.79. The molecule has 8 nitrogen and oxygen atoms in total. The highest BCUT2D eigenvalue weighted by Crippen LogP contribution is 2.36. The number of halogens is 1. The van der Waals surface area contributed by atoms with Crippen molar-refractivity contribution in [3.63, 3.8) is 0 Å². The molecule has 1 aromatic heterocycles. The lowest BCUT2D eigenvalue weighted by Gasteiger charge is -2.25. The fraction of sp³-hybridized carbons (Fsp3) is 0.269. The molecule has 36 heavy (non-hydrogen) atoms. The Labute approximate surface area is 216 Å². The maximum Gasteiger partial charge on any atom is 0.338 e. The molecule has 0 saturated heterocycles. The summed E-state index contributed by atoms with van der Waals surface area (Å²) in [5, 5.41) is 10.6. The maximum absolute atomic E-state index is 13.6. The van der Waals surface area contributed by atoms with Gasteiger partial charge in [0.1, 0.15) is 5.75 Å². The summed E-state index contributed by atoms with van der Waals surface area (Å²) in [5.41, 5.74) is 1.66. The van der Waals surface area contributed by atoms with Crippen molar-refractivity contribution < 1.29 is 24.1 Å². The summed E-state index contributed by atoms with van der Waals surface area (Å²) in [6.07, 6.45) is 2.02. The first-order valence-electron chi connectivity index (χ1n) is 11.2. The molecule has 0 amide bonds. The summed E-state index contributed by atoms with van der Waals surface area (Å²) in [6, 6.07) is 9.23. The fourth-order valence-electron chi connectivity index (χ4n) is 4.09. The number of phenolic OH excluding ortho intramolecular Hbond substituents is 1. The van der Waals surface area contributed by atoms with E-state index in [4.69, 9.17) is 25.8 Å². The number of phenols is 1. The second kappa shape index (κ2) is 10.6. The van der Waals surface area contributed by atoms with Gasteiger partial charge < -0.3 is 19.3 Å². The Bertz CT molecular complexity index is 1540. The van der Waals surface area contributed by atoms with Gasteiger partial charge in [-0.15, -0.1) is 0 Å². The fourth-order valence-corrected chi connectivity index (χ4v) is 5.30. The zero-order valence-electron chi connectivity index (χ0n) is 20.2. The van der Waals surface area contributed by atoms with Gasteiger partial charge in [0, 0.05) is 5.02 Å². The van der Waals surface area contributed by atoms with Crippen molar-refractivity contribution in [3.8, 4) is 17.2 Å². The summed E-state index contributed by atoms with van der Waals surface area (Å²) < 4.78 is 18.1. The van der Waals surface area contributed by atoms with E-state index in [0.717, 1.165) is 0 Å². The Kier molecular flexibility index (Phi) is 7.51. The quantitative estimate of drug-likeness (QED) is 0.472. The number of aromatic hydroxyl groups is 1. The normalized spacial score (nSPS) is 15.4.